The van der Waals surface area contributed by atoms with Crippen LogP contribution in [0.15, 0.2) is 29.6 Å². The third-order valence-electron chi connectivity index (χ3n) is 2.94. The van der Waals surface area contributed by atoms with Crippen molar-refractivity contribution in [3.8, 4) is 11.1 Å². The zero-order chi connectivity index (χ0) is 14.7. The second kappa shape index (κ2) is 5.88. The van der Waals surface area contributed by atoms with Crippen LogP contribution in [0.5, 0.6) is 0 Å². The highest BCUT2D eigenvalue weighted by Gasteiger charge is 2.20. The van der Waals surface area contributed by atoms with E-state index in [2.05, 4.69) is 5.32 Å². The van der Waals surface area contributed by atoms with Crippen molar-refractivity contribution >= 4 is 28.2 Å². The lowest BCUT2D eigenvalue weighted by Gasteiger charge is -2.05. The Hall–Kier alpha value is -2.14. The lowest BCUT2D eigenvalue weighted by Crippen LogP contribution is -2.11. The maximum atomic E-state index is 11.5. The van der Waals surface area contributed by atoms with E-state index in [1.165, 1.54) is 11.3 Å². The summed E-state index contributed by atoms with van der Waals surface area (Å²) in [5.41, 5.74) is 2.73. The van der Waals surface area contributed by atoms with E-state index < -0.39 is 5.97 Å². The van der Waals surface area contributed by atoms with Gasteiger partial charge in [-0.05, 0) is 12.5 Å². The van der Waals surface area contributed by atoms with Gasteiger partial charge in [-0.25, -0.2) is 4.79 Å². The fraction of sp³-hybridized carbons (Fsp3) is 0.200. The van der Waals surface area contributed by atoms with Gasteiger partial charge in [-0.2, -0.15) is 0 Å². The van der Waals surface area contributed by atoms with Gasteiger partial charge < -0.3 is 10.4 Å². The summed E-state index contributed by atoms with van der Waals surface area (Å²) >= 11 is 1.23. The second-order valence-corrected chi connectivity index (χ2v) is 5.31. The molecule has 0 saturated carbocycles. The van der Waals surface area contributed by atoms with Gasteiger partial charge in [0.2, 0.25) is 5.91 Å². The zero-order valence-corrected chi connectivity index (χ0v) is 12.1. The van der Waals surface area contributed by atoms with Gasteiger partial charge in [0.15, 0.2) is 0 Å². The number of hydrogen-bond acceptors (Lipinski definition) is 3. The molecule has 0 spiro atoms. The number of carbonyl (C=O) groups is 2. The normalized spacial score (nSPS) is 10.3. The highest BCUT2D eigenvalue weighted by molar-refractivity contribution is 7.15. The summed E-state index contributed by atoms with van der Waals surface area (Å²) in [6, 6.07) is 7.64. The highest BCUT2D eigenvalue weighted by atomic mass is 32.1. The lowest BCUT2D eigenvalue weighted by molar-refractivity contribution is -0.115. The average Bonchev–Trinajstić information content (AvgIpc) is 2.83. The first kappa shape index (κ1) is 14.3. The zero-order valence-electron chi connectivity index (χ0n) is 11.3. The number of benzene rings is 1. The molecular formula is C15H15NO3S. The van der Waals surface area contributed by atoms with Crippen LogP contribution in [0.25, 0.3) is 11.1 Å². The molecular weight excluding hydrogens is 274 g/mol. The number of carboxylic acid groups (broad SMARTS) is 1. The van der Waals surface area contributed by atoms with E-state index in [0.717, 1.165) is 11.1 Å². The van der Waals surface area contributed by atoms with E-state index >= 15 is 0 Å². The molecule has 1 heterocycles. The predicted molar refractivity (Wildman–Crippen MR) is 80.4 cm³/mol. The second-order valence-electron chi connectivity index (χ2n) is 4.43. The van der Waals surface area contributed by atoms with E-state index in [4.69, 9.17) is 0 Å². The standard InChI is InChI=1S/C15H15NO3S/c1-3-12(17)16-14-13(15(18)19)11(8-20-14)10-6-4-9(2)5-7-10/h4-8H,3H2,1-2H3,(H,16,17)(H,18,19). The topological polar surface area (TPSA) is 66.4 Å². The van der Waals surface area contributed by atoms with E-state index in [9.17, 15) is 14.7 Å². The number of amides is 1. The molecule has 0 aliphatic carbocycles. The van der Waals surface area contributed by atoms with Gasteiger partial charge in [0, 0.05) is 17.4 Å². The fourth-order valence-corrected chi connectivity index (χ4v) is 2.80. The Morgan fingerprint density at radius 2 is 1.90 bits per heavy atom. The first-order valence-electron chi connectivity index (χ1n) is 6.24. The summed E-state index contributed by atoms with van der Waals surface area (Å²) in [5, 5.41) is 14.2. The van der Waals surface area contributed by atoms with E-state index in [1.807, 2.05) is 31.2 Å². The number of aromatic carboxylic acids is 1. The molecule has 20 heavy (non-hydrogen) atoms. The van der Waals surface area contributed by atoms with Crippen LogP contribution in [-0.2, 0) is 4.79 Å². The first-order valence-corrected chi connectivity index (χ1v) is 7.12. The number of thiophene rings is 1. The molecule has 1 aromatic carbocycles. The molecule has 0 aliphatic heterocycles. The molecule has 104 valence electrons. The van der Waals surface area contributed by atoms with Crippen molar-refractivity contribution in [3.05, 3.63) is 40.8 Å². The van der Waals surface area contributed by atoms with Crippen LogP contribution in [0.4, 0.5) is 5.00 Å². The van der Waals surface area contributed by atoms with Crippen LogP contribution >= 0.6 is 11.3 Å². The minimum atomic E-state index is -1.03. The Morgan fingerprint density at radius 1 is 1.25 bits per heavy atom. The largest absolute Gasteiger partial charge is 0.478 e. The van der Waals surface area contributed by atoms with Crippen molar-refractivity contribution < 1.29 is 14.7 Å². The molecule has 0 radical (unpaired) electrons. The maximum absolute atomic E-state index is 11.5. The first-order chi connectivity index (χ1) is 9.52. The molecule has 0 fully saturated rings. The van der Waals surface area contributed by atoms with Crippen molar-refractivity contribution in [3.63, 3.8) is 0 Å². The molecule has 1 amide bonds. The Balaban J connectivity index is 2.46. The van der Waals surface area contributed by atoms with Gasteiger partial charge in [0.05, 0.1) is 0 Å². The monoisotopic (exact) mass is 289 g/mol. The smallest absolute Gasteiger partial charge is 0.339 e. The van der Waals surface area contributed by atoms with Crippen molar-refractivity contribution in [2.75, 3.05) is 5.32 Å². The number of hydrogen-bond donors (Lipinski definition) is 2. The van der Waals surface area contributed by atoms with Crippen LogP contribution in [0, 0.1) is 6.92 Å². The Kier molecular flexibility index (Phi) is 4.20. The fourth-order valence-electron chi connectivity index (χ4n) is 1.82. The molecule has 5 heteroatoms. The Morgan fingerprint density at radius 3 is 2.45 bits per heavy atom. The summed E-state index contributed by atoms with van der Waals surface area (Å²) in [5.74, 6) is -1.22. The molecule has 0 atom stereocenters. The van der Waals surface area contributed by atoms with Gasteiger partial charge in [0.1, 0.15) is 10.6 Å². The molecule has 2 aromatic rings. The molecule has 0 unspecified atom stereocenters. The van der Waals surface area contributed by atoms with Crippen molar-refractivity contribution in [1.82, 2.24) is 0 Å². The van der Waals surface area contributed by atoms with Crippen LogP contribution in [0.2, 0.25) is 0 Å². The molecule has 0 aliphatic rings. The maximum Gasteiger partial charge on any atom is 0.339 e. The number of carbonyl (C=O) groups excluding carboxylic acids is 1. The summed E-state index contributed by atoms with van der Waals surface area (Å²) < 4.78 is 0. The molecule has 2 rings (SSSR count). The van der Waals surface area contributed by atoms with Crippen LogP contribution < -0.4 is 5.32 Å². The van der Waals surface area contributed by atoms with Gasteiger partial charge in [-0.1, -0.05) is 36.8 Å². The molecule has 0 bridgehead atoms. The quantitative estimate of drug-likeness (QED) is 0.900. The Labute approximate surface area is 121 Å². The van der Waals surface area contributed by atoms with E-state index in [-0.39, 0.29) is 11.5 Å². The van der Waals surface area contributed by atoms with Gasteiger partial charge in [0.25, 0.3) is 0 Å². The lowest BCUT2D eigenvalue weighted by atomic mass is 10.0. The number of rotatable bonds is 4. The van der Waals surface area contributed by atoms with Crippen LogP contribution in [-0.4, -0.2) is 17.0 Å². The minimum absolute atomic E-state index is 0.153. The molecule has 0 saturated heterocycles. The summed E-state index contributed by atoms with van der Waals surface area (Å²) in [4.78, 5) is 22.9. The van der Waals surface area contributed by atoms with Crippen LogP contribution in [0.3, 0.4) is 0 Å². The number of nitrogens with one attached hydrogen (secondary N) is 1. The SMILES string of the molecule is CCC(=O)Nc1scc(-c2ccc(C)cc2)c1C(=O)O. The number of carboxylic acids is 1. The van der Waals surface area contributed by atoms with Crippen molar-refractivity contribution in [2.45, 2.75) is 20.3 Å². The van der Waals surface area contributed by atoms with Crippen molar-refractivity contribution in [2.24, 2.45) is 0 Å². The van der Waals surface area contributed by atoms with Gasteiger partial charge >= 0.3 is 5.97 Å². The average molecular weight is 289 g/mol. The number of anilines is 1. The Bertz CT molecular complexity index is 644. The third kappa shape index (κ3) is 2.88. The summed E-state index contributed by atoms with van der Waals surface area (Å²) in [7, 11) is 0. The van der Waals surface area contributed by atoms with Gasteiger partial charge in [-0.15, -0.1) is 11.3 Å². The van der Waals surface area contributed by atoms with Gasteiger partial charge in [-0.3, -0.25) is 4.79 Å². The summed E-state index contributed by atoms with van der Waals surface area (Å²) in [6.45, 7) is 3.70. The van der Waals surface area contributed by atoms with E-state index in [1.54, 1.807) is 12.3 Å². The molecule has 1 aromatic heterocycles. The predicted octanol–water partition coefficient (Wildman–Crippen LogP) is 3.77. The molecule has 4 nitrogen and oxygen atoms in total. The molecule has 2 N–H and O–H groups in total. The third-order valence-corrected chi connectivity index (χ3v) is 3.84. The van der Waals surface area contributed by atoms with E-state index in [0.29, 0.717) is 17.0 Å². The highest BCUT2D eigenvalue weighted by Crippen LogP contribution is 2.35. The summed E-state index contributed by atoms with van der Waals surface area (Å²) in [6.07, 6.45) is 0.316. The minimum Gasteiger partial charge on any atom is -0.478 e. The van der Waals surface area contributed by atoms with Crippen LogP contribution in [0.1, 0.15) is 29.3 Å². The van der Waals surface area contributed by atoms with Crippen molar-refractivity contribution in [1.29, 1.82) is 0 Å². The number of aryl methyl sites for hydroxylation is 1.